The summed E-state index contributed by atoms with van der Waals surface area (Å²) in [4.78, 5) is 0. The lowest BCUT2D eigenvalue weighted by Gasteiger charge is -2.14. The van der Waals surface area contributed by atoms with Crippen LogP contribution < -0.4 is 5.73 Å². The second-order valence-electron chi connectivity index (χ2n) is 3.54. The average molecular weight is 168 g/mol. The lowest BCUT2D eigenvalue weighted by atomic mass is 10.5. The van der Waals surface area contributed by atoms with Crippen molar-refractivity contribution in [2.75, 3.05) is 34.7 Å². The van der Waals surface area contributed by atoms with Crippen molar-refractivity contribution < 1.29 is 21.2 Å². The van der Waals surface area contributed by atoms with E-state index in [1.54, 1.807) is 0 Å². The van der Waals surface area contributed by atoms with Gasteiger partial charge in [-0.05, 0) is 6.42 Å². The molecule has 0 aliphatic rings. The van der Waals surface area contributed by atoms with E-state index in [2.05, 4.69) is 40.8 Å². The molecule has 0 amide bonds. The molecule has 0 saturated heterocycles. The van der Waals surface area contributed by atoms with Gasteiger partial charge in [0.2, 0.25) is 0 Å². The maximum Gasteiger partial charge on any atom is 0.0737 e. The predicted molar refractivity (Wildman–Crippen MR) is 45.9 cm³/mol. The van der Waals surface area contributed by atoms with Crippen LogP contribution in [0.2, 0.25) is 0 Å². The van der Waals surface area contributed by atoms with Crippen LogP contribution in [0.3, 0.4) is 0 Å². The zero-order valence-electron chi connectivity index (χ0n) is 8.46. The summed E-state index contributed by atoms with van der Waals surface area (Å²) in [5, 5.41) is 0. The lowest BCUT2D eigenvalue weighted by Crippen LogP contribution is -2.49. The molecule has 0 radical (unpaired) electrons. The smallest absolute Gasteiger partial charge is 0.0737 e. The van der Waals surface area contributed by atoms with E-state index in [0.717, 1.165) is 11.0 Å². The van der Waals surface area contributed by atoms with Crippen LogP contribution in [0, 0.1) is 0 Å². The molecule has 0 unspecified atom stereocenters. The molecule has 0 heterocycles. The quantitative estimate of drug-likeness (QED) is 0.540. The van der Waals surface area contributed by atoms with Gasteiger partial charge in [-0.1, -0.05) is 6.92 Å². The SMILES string of the molecule is CCC[NH3+].C[N+](C)(C)C.[OH-].[OH-]. The summed E-state index contributed by atoms with van der Waals surface area (Å²) in [6.45, 7) is 3.19. The number of nitrogens with zero attached hydrogens (tertiary/aromatic N) is 1. The summed E-state index contributed by atoms with van der Waals surface area (Å²) in [5.41, 5.74) is 3.60. The highest BCUT2D eigenvalue weighted by Crippen LogP contribution is 1.73. The maximum absolute atomic E-state index is 3.60. The Labute approximate surface area is 70.2 Å². The summed E-state index contributed by atoms with van der Waals surface area (Å²) in [5.74, 6) is 0. The highest BCUT2D eigenvalue weighted by Gasteiger charge is 1.88. The molecule has 0 aliphatic heterocycles. The van der Waals surface area contributed by atoms with Gasteiger partial charge >= 0.3 is 0 Å². The molecule has 0 aliphatic carbocycles. The number of hydrogen-bond acceptors (Lipinski definition) is 2. The van der Waals surface area contributed by atoms with Gasteiger partial charge in [0.15, 0.2) is 0 Å². The minimum absolute atomic E-state index is 0. The summed E-state index contributed by atoms with van der Waals surface area (Å²) in [6.07, 6.45) is 1.21. The van der Waals surface area contributed by atoms with Gasteiger partial charge in [-0.15, -0.1) is 0 Å². The van der Waals surface area contributed by atoms with Crippen molar-refractivity contribution in [3.8, 4) is 0 Å². The van der Waals surface area contributed by atoms with Crippen LogP contribution in [0.25, 0.3) is 0 Å². The summed E-state index contributed by atoms with van der Waals surface area (Å²) in [6, 6.07) is 0. The molecule has 4 heteroatoms. The van der Waals surface area contributed by atoms with Crippen LogP contribution in [-0.4, -0.2) is 50.2 Å². The van der Waals surface area contributed by atoms with E-state index in [9.17, 15) is 0 Å². The molecular formula is C7H24N2O2. The molecule has 5 N–H and O–H groups in total. The maximum atomic E-state index is 3.60. The Morgan fingerprint density at radius 2 is 1.09 bits per heavy atom. The number of hydrogen-bond donors (Lipinski definition) is 1. The lowest BCUT2D eigenvalue weighted by molar-refractivity contribution is -0.849. The van der Waals surface area contributed by atoms with E-state index in [1.165, 1.54) is 6.42 Å². The van der Waals surface area contributed by atoms with Gasteiger partial charge in [-0.2, -0.15) is 0 Å². The van der Waals surface area contributed by atoms with Crippen molar-refractivity contribution in [2.24, 2.45) is 0 Å². The van der Waals surface area contributed by atoms with Gasteiger partial charge in [0, 0.05) is 0 Å². The minimum atomic E-state index is 0. The minimum Gasteiger partial charge on any atom is -0.870 e. The first-order chi connectivity index (χ1) is 3.91. The molecule has 0 atom stereocenters. The third-order valence-corrected chi connectivity index (χ3v) is 0.354. The van der Waals surface area contributed by atoms with Crippen molar-refractivity contribution in [2.45, 2.75) is 13.3 Å². The molecule has 0 aromatic carbocycles. The molecule has 4 nitrogen and oxygen atoms in total. The van der Waals surface area contributed by atoms with Gasteiger partial charge < -0.3 is 21.2 Å². The van der Waals surface area contributed by atoms with Gasteiger partial charge in [0.1, 0.15) is 0 Å². The summed E-state index contributed by atoms with van der Waals surface area (Å²) >= 11 is 0. The first-order valence-electron chi connectivity index (χ1n) is 3.50. The Kier molecular flexibility index (Phi) is 25.5. The zero-order chi connectivity index (χ0) is 7.91. The topological polar surface area (TPSA) is 87.6 Å². The fraction of sp³-hybridized carbons (Fsp3) is 1.00. The fourth-order valence-corrected chi connectivity index (χ4v) is 0. The van der Waals surface area contributed by atoms with Crippen molar-refractivity contribution in [1.29, 1.82) is 0 Å². The average Bonchev–Trinajstić information content (AvgIpc) is 1.61. The van der Waals surface area contributed by atoms with Gasteiger partial charge in [-0.25, -0.2) is 0 Å². The first kappa shape index (κ1) is 22.4. The standard InChI is InChI=1S/C4H12N.C3H9N.2H2O/c1-5(2,3)4;1-2-3-4;;/h1-4H3;2-4H2,1H3;2*1H2/q+1;;;/p-1. The number of rotatable bonds is 1. The van der Waals surface area contributed by atoms with E-state index >= 15 is 0 Å². The molecule has 0 aromatic rings. The van der Waals surface area contributed by atoms with Crippen LogP contribution in [0.4, 0.5) is 0 Å². The summed E-state index contributed by atoms with van der Waals surface area (Å²) in [7, 11) is 8.50. The van der Waals surface area contributed by atoms with Crippen molar-refractivity contribution >= 4 is 0 Å². The molecule has 0 aromatic heterocycles. The molecule has 11 heavy (non-hydrogen) atoms. The highest BCUT2D eigenvalue weighted by molar-refractivity contribution is 4.07. The van der Waals surface area contributed by atoms with Crippen LogP contribution in [-0.2, 0) is 0 Å². The third-order valence-electron chi connectivity index (χ3n) is 0.354. The molecular weight excluding hydrogens is 144 g/mol. The van der Waals surface area contributed by atoms with Crippen molar-refractivity contribution in [3.05, 3.63) is 0 Å². The Morgan fingerprint density at radius 3 is 1.09 bits per heavy atom. The molecule has 0 saturated carbocycles. The second kappa shape index (κ2) is 12.5. The third kappa shape index (κ3) is 857. The Hall–Kier alpha value is -0.160. The van der Waals surface area contributed by atoms with E-state index in [4.69, 9.17) is 0 Å². The van der Waals surface area contributed by atoms with Crippen LogP contribution in [0.1, 0.15) is 13.3 Å². The Balaban J connectivity index is -0.0000000383. The molecule has 74 valence electrons. The van der Waals surface area contributed by atoms with Crippen LogP contribution in [0.15, 0.2) is 0 Å². The van der Waals surface area contributed by atoms with Crippen molar-refractivity contribution in [3.63, 3.8) is 0 Å². The van der Waals surface area contributed by atoms with E-state index in [1.807, 2.05) is 0 Å². The number of quaternary nitrogens is 2. The molecule has 0 fully saturated rings. The molecule has 0 bridgehead atoms. The monoisotopic (exact) mass is 168 g/mol. The summed E-state index contributed by atoms with van der Waals surface area (Å²) < 4.78 is 1.00. The Morgan fingerprint density at radius 1 is 1.00 bits per heavy atom. The van der Waals surface area contributed by atoms with Gasteiger partial charge in [0.05, 0.1) is 34.7 Å². The van der Waals surface area contributed by atoms with Crippen molar-refractivity contribution in [1.82, 2.24) is 0 Å². The van der Waals surface area contributed by atoms with Crippen LogP contribution >= 0.6 is 0 Å². The van der Waals surface area contributed by atoms with E-state index in [0.29, 0.717) is 0 Å². The van der Waals surface area contributed by atoms with Gasteiger partial charge in [0.25, 0.3) is 0 Å². The largest absolute Gasteiger partial charge is 0.870 e. The first-order valence-corrected chi connectivity index (χ1v) is 3.50. The van der Waals surface area contributed by atoms with E-state index < -0.39 is 0 Å². The Bertz CT molecular complexity index is 44.9. The zero-order valence-corrected chi connectivity index (χ0v) is 8.46. The normalized spacial score (nSPS) is 8.18. The molecule has 0 spiro atoms. The molecule has 0 rings (SSSR count). The van der Waals surface area contributed by atoms with Crippen LogP contribution in [0.5, 0.6) is 0 Å². The predicted octanol–water partition coefficient (Wildman–Crippen LogP) is -0.393. The second-order valence-corrected chi connectivity index (χ2v) is 3.54. The highest BCUT2D eigenvalue weighted by atomic mass is 16.0. The fourth-order valence-electron chi connectivity index (χ4n) is 0. The van der Waals surface area contributed by atoms with Gasteiger partial charge in [-0.3, -0.25) is 0 Å². The van der Waals surface area contributed by atoms with E-state index in [-0.39, 0.29) is 11.0 Å².